The van der Waals surface area contributed by atoms with E-state index >= 15 is 0 Å². The lowest BCUT2D eigenvalue weighted by Gasteiger charge is -2.50. The molecular formula is C14H24N4O2. The zero-order valence-electron chi connectivity index (χ0n) is 12.3. The average molecular weight is 280 g/mol. The summed E-state index contributed by atoms with van der Waals surface area (Å²) in [6.45, 7) is 3.50. The third-order valence-corrected chi connectivity index (χ3v) is 5.04. The fourth-order valence-electron chi connectivity index (χ4n) is 4.00. The van der Waals surface area contributed by atoms with E-state index in [0.29, 0.717) is 12.6 Å². The molecule has 2 amide bonds. The van der Waals surface area contributed by atoms with Gasteiger partial charge < -0.3 is 10.2 Å². The van der Waals surface area contributed by atoms with Crippen molar-refractivity contribution >= 4 is 11.8 Å². The number of hydrazine groups is 1. The van der Waals surface area contributed by atoms with Crippen LogP contribution in [0.25, 0.3) is 0 Å². The van der Waals surface area contributed by atoms with Crippen molar-refractivity contribution in [3.63, 3.8) is 0 Å². The van der Waals surface area contributed by atoms with Crippen molar-refractivity contribution in [2.45, 2.75) is 50.7 Å². The molecule has 6 heteroatoms. The molecule has 6 nitrogen and oxygen atoms in total. The minimum Gasteiger partial charge on any atom is -0.356 e. The largest absolute Gasteiger partial charge is 0.356 e. The number of likely N-dealkylation sites (N-methyl/N-ethyl adjacent to an activating group) is 1. The van der Waals surface area contributed by atoms with E-state index in [2.05, 4.69) is 15.8 Å². The molecule has 4 atom stereocenters. The fraction of sp³-hybridized carbons (Fsp3) is 0.857. The van der Waals surface area contributed by atoms with E-state index in [1.54, 1.807) is 0 Å². The molecule has 20 heavy (non-hydrogen) atoms. The molecule has 0 aromatic carbocycles. The van der Waals surface area contributed by atoms with E-state index < -0.39 is 0 Å². The first-order valence-corrected chi connectivity index (χ1v) is 7.69. The number of hydrogen-bond donors (Lipinski definition) is 2. The lowest BCUT2D eigenvalue weighted by Crippen LogP contribution is -2.67. The van der Waals surface area contributed by atoms with Gasteiger partial charge in [-0.05, 0) is 32.6 Å². The Hall–Kier alpha value is -1.14. The molecule has 2 N–H and O–H groups in total. The molecule has 112 valence electrons. The van der Waals surface area contributed by atoms with Crippen LogP contribution >= 0.6 is 0 Å². The van der Waals surface area contributed by atoms with Gasteiger partial charge in [-0.2, -0.15) is 0 Å². The van der Waals surface area contributed by atoms with Crippen molar-refractivity contribution in [2.75, 3.05) is 20.1 Å². The zero-order chi connectivity index (χ0) is 14.3. The maximum absolute atomic E-state index is 12.4. The molecule has 4 unspecified atom stereocenters. The lowest BCUT2D eigenvalue weighted by molar-refractivity contribution is -0.153. The predicted molar refractivity (Wildman–Crippen MR) is 74.6 cm³/mol. The van der Waals surface area contributed by atoms with E-state index in [1.807, 2.05) is 18.9 Å². The molecule has 1 aliphatic carbocycles. The van der Waals surface area contributed by atoms with Gasteiger partial charge in [-0.1, -0.05) is 0 Å². The summed E-state index contributed by atoms with van der Waals surface area (Å²) in [4.78, 5) is 26.3. The van der Waals surface area contributed by atoms with Crippen LogP contribution in [0.1, 0.15) is 32.6 Å². The van der Waals surface area contributed by atoms with Crippen molar-refractivity contribution in [1.82, 2.24) is 20.7 Å². The number of carbonyl (C=O) groups excluding carboxylic acids is 2. The van der Waals surface area contributed by atoms with Crippen molar-refractivity contribution in [3.8, 4) is 0 Å². The van der Waals surface area contributed by atoms with Gasteiger partial charge >= 0.3 is 0 Å². The van der Waals surface area contributed by atoms with E-state index in [9.17, 15) is 9.59 Å². The van der Waals surface area contributed by atoms with E-state index in [-0.39, 0.29) is 29.8 Å². The maximum atomic E-state index is 12.4. The van der Waals surface area contributed by atoms with Gasteiger partial charge in [0.25, 0.3) is 0 Å². The van der Waals surface area contributed by atoms with Crippen LogP contribution in [0.5, 0.6) is 0 Å². The van der Waals surface area contributed by atoms with Crippen molar-refractivity contribution in [1.29, 1.82) is 0 Å². The molecule has 1 saturated carbocycles. The Morgan fingerprint density at radius 1 is 1.35 bits per heavy atom. The summed E-state index contributed by atoms with van der Waals surface area (Å²) in [5, 5.41) is 5.08. The van der Waals surface area contributed by atoms with Crippen LogP contribution in [0.15, 0.2) is 0 Å². The minimum atomic E-state index is 0.00210. The number of carbonyl (C=O) groups is 2. The van der Waals surface area contributed by atoms with Crippen LogP contribution in [0.3, 0.4) is 0 Å². The number of rotatable bonds is 2. The maximum Gasteiger partial charge on any atom is 0.241 e. The van der Waals surface area contributed by atoms with Crippen LogP contribution in [-0.2, 0) is 9.59 Å². The Labute approximate surface area is 119 Å². The van der Waals surface area contributed by atoms with E-state index in [4.69, 9.17) is 0 Å². The van der Waals surface area contributed by atoms with Crippen LogP contribution in [0.2, 0.25) is 0 Å². The van der Waals surface area contributed by atoms with Gasteiger partial charge in [0.1, 0.15) is 6.04 Å². The summed E-state index contributed by atoms with van der Waals surface area (Å²) in [5.74, 6) is 0.390. The third kappa shape index (κ3) is 2.11. The number of fused-ring (bicyclic) bond motifs is 3. The summed E-state index contributed by atoms with van der Waals surface area (Å²) in [7, 11) is 1.90. The van der Waals surface area contributed by atoms with E-state index in [0.717, 1.165) is 32.2 Å². The summed E-state index contributed by atoms with van der Waals surface area (Å²) in [5.41, 5.74) is 3.36. The van der Waals surface area contributed by atoms with Gasteiger partial charge in [-0.25, -0.2) is 5.01 Å². The van der Waals surface area contributed by atoms with Crippen molar-refractivity contribution < 1.29 is 9.59 Å². The highest BCUT2D eigenvalue weighted by atomic mass is 16.2. The Balaban J connectivity index is 1.75. The molecule has 0 aromatic rings. The number of amides is 2. The third-order valence-electron chi connectivity index (χ3n) is 5.04. The van der Waals surface area contributed by atoms with Crippen LogP contribution < -0.4 is 10.7 Å². The average Bonchev–Trinajstić information content (AvgIpc) is 2.94. The van der Waals surface area contributed by atoms with Gasteiger partial charge in [-0.15, -0.1) is 0 Å². The summed E-state index contributed by atoms with van der Waals surface area (Å²) < 4.78 is 0. The van der Waals surface area contributed by atoms with Crippen molar-refractivity contribution in [3.05, 3.63) is 0 Å². The van der Waals surface area contributed by atoms with Gasteiger partial charge in [0.05, 0.1) is 0 Å². The molecule has 3 rings (SSSR count). The highest BCUT2D eigenvalue weighted by molar-refractivity contribution is 5.84. The molecule has 0 spiro atoms. The van der Waals surface area contributed by atoms with Crippen LogP contribution in [0, 0.1) is 5.92 Å². The Kier molecular flexibility index (Phi) is 3.69. The Morgan fingerprint density at radius 2 is 2.15 bits per heavy atom. The van der Waals surface area contributed by atoms with Gasteiger partial charge in [-0.3, -0.25) is 15.0 Å². The highest BCUT2D eigenvalue weighted by Gasteiger charge is 2.50. The second-order valence-electron chi connectivity index (χ2n) is 6.11. The SMILES string of the molecule is CCNC(=O)C1CCC2C(C1)N(C)C(=O)C1CCNN12. The first-order chi connectivity index (χ1) is 9.63. The number of nitrogens with zero attached hydrogens (tertiary/aromatic N) is 2. The first kappa shape index (κ1) is 13.8. The summed E-state index contributed by atoms with van der Waals surface area (Å²) in [6.07, 6.45) is 3.57. The molecule has 0 aromatic heterocycles. The highest BCUT2D eigenvalue weighted by Crippen LogP contribution is 2.36. The lowest BCUT2D eigenvalue weighted by atomic mass is 9.79. The molecule has 2 aliphatic heterocycles. The van der Waals surface area contributed by atoms with Gasteiger partial charge in [0.15, 0.2) is 0 Å². The molecule has 2 heterocycles. The van der Waals surface area contributed by atoms with Crippen molar-refractivity contribution in [2.24, 2.45) is 5.92 Å². The standard InChI is InChI=1S/C14H24N4O2/c1-3-15-13(19)9-4-5-10-12(8-9)17(2)14(20)11-6-7-16-18(10)11/h9-12,16H,3-8H2,1-2H3,(H,15,19). The predicted octanol–water partition coefficient (Wildman–Crippen LogP) is -0.289. The molecular weight excluding hydrogens is 256 g/mol. The normalized spacial score (nSPS) is 37.5. The quantitative estimate of drug-likeness (QED) is 0.730. The summed E-state index contributed by atoms with van der Waals surface area (Å²) >= 11 is 0. The van der Waals surface area contributed by atoms with Crippen LogP contribution in [-0.4, -0.2) is 60.0 Å². The zero-order valence-corrected chi connectivity index (χ0v) is 12.3. The monoisotopic (exact) mass is 280 g/mol. The molecule has 0 bridgehead atoms. The minimum absolute atomic E-state index is 0.00210. The molecule has 3 aliphatic rings. The Morgan fingerprint density at radius 3 is 2.90 bits per heavy atom. The fourth-order valence-corrected chi connectivity index (χ4v) is 4.00. The van der Waals surface area contributed by atoms with Crippen LogP contribution in [0.4, 0.5) is 0 Å². The summed E-state index contributed by atoms with van der Waals surface area (Å²) in [6, 6.07) is 0.517. The number of piperazine rings is 1. The topological polar surface area (TPSA) is 64.7 Å². The first-order valence-electron chi connectivity index (χ1n) is 7.69. The Bertz CT molecular complexity index is 414. The number of nitrogens with one attached hydrogen (secondary N) is 2. The second kappa shape index (κ2) is 5.33. The van der Waals surface area contributed by atoms with E-state index in [1.165, 1.54) is 0 Å². The van der Waals surface area contributed by atoms with Gasteiger partial charge in [0.2, 0.25) is 11.8 Å². The number of hydrogen-bond acceptors (Lipinski definition) is 4. The smallest absolute Gasteiger partial charge is 0.241 e. The molecule has 2 saturated heterocycles. The molecule has 3 fully saturated rings. The molecule has 0 radical (unpaired) electrons. The second-order valence-corrected chi connectivity index (χ2v) is 6.11. The van der Waals surface area contributed by atoms with Gasteiger partial charge in [0, 0.05) is 38.1 Å².